The van der Waals surface area contributed by atoms with Gasteiger partial charge in [-0.25, -0.2) is 0 Å². The monoisotopic (exact) mass is 219 g/mol. The van der Waals surface area contributed by atoms with Crippen molar-refractivity contribution in [1.29, 1.82) is 5.26 Å². The lowest BCUT2D eigenvalue weighted by molar-refractivity contribution is 0.416. The number of aromatic nitrogens is 1. The molecule has 1 rings (SSSR count). The highest BCUT2D eigenvalue weighted by atomic mass is 14.9. The van der Waals surface area contributed by atoms with Gasteiger partial charge in [0, 0.05) is 18.9 Å². The zero-order valence-corrected chi connectivity index (χ0v) is 10.2. The maximum absolute atomic E-state index is 8.89. The first kappa shape index (κ1) is 12.8. The molecule has 0 aromatic carbocycles. The highest BCUT2D eigenvalue weighted by Gasteiger charge is 2.15. The predicted molar refractivity (Wildman–Crippen MR) is 65.8 cm³/mol. The van der Waals surface area contributed by atoms with Crippen molar-refractivity contribution in [3.63, 3.8) is 0 Å². The third-order valence-electron chi connectivity index (χ3n) is 2.77. The molecule has 0 radical (unpaired) electrons. The Bertz CT molecular complexity index is 357. The first-order valence-electron chi connectivity index (χ1n) is 5.83. The molecule has 0 spiro atoms. The molecule has 2 N–H and O–H groups in total. The maximum atomic E-state index is 8.89. The van der Waals surface area contributed by atoms with Crippen molar-refractivity contribution in [2.75, 3.05) is 6.54 Å². The summed E-state index contributed by atoms with van der Waals surface area (Å²) in [7, 11) is 0. The molecule has 0 unspecified atom stereocenters. The molecule has 0 amide bonds. The van der Waals surface area contributed by atoms with E-state index in [4.69, 9.17) is 11.0 Å². The Kier molecular flexibility index (Phi) is 4.57. The van der Waals surface area contributed by atoms with Gasteiger partial charge in [-0.3, -0.25) is 0 Å². The van der Waals surface area contributed by atoms with Gasteiger partial charge < -0.3 is 10.3 Å². The number of hydrogen-bond donors (Lipinski definition) is 1. The van der Waals surface area contributed by atoms with E-state index >= 15 is 0 Å². The van der Waals surface area contributed by atoms with Crippen LogP contribution in [0.3, 0.4) is 0 Å². The van der Waals surface area contributed by atoms with Gasteiger partial charge in [-0.05, 0) is 51.3 Å². The Hall–Kier alpha value is -1.27. The quantitative estimate of drug-likeness (QED) is 0.798. The summed E-state index contributed by atoms with van der Waals surface area (Å²) >= 11 is 0. The van der Waals surface area contributed by atoms with Crippen molar-refractivity contribution in [2.45, 2.75) is 39.7 Å². The summed E-state index contributed by atoms with van der Waals surface area (Å²) in [5.41, 5.74) is 6.59. The van der Waals surface area contributed by atoms with Crippen LogP contribution in [0.4, 0.5) is 0 Å². The Morgan fingerprint density at radius 2 is 2.25 bits per heavy atom. The number of hydrogen-bond acceptors (Lipinski definition) is 2. The summed E-state index contributed by atoms with van der Waals surface area (Å²) in [5.74, 6) is 0. The van der Waals surface area contributed by atoms with Crippen LogP contribution < -0.4 is 5.73 Å². The summed E-state index contributed by atoms with van der Waals surface area (Å²) < 4.78 is 2.18. The van der Waals surface area contributed by atoms with E-state index in [1.54, 1.807) is 0 Å². The molecule has 0 saturated heterocycles. The molecule has 0 aliphatic rings. The molecule has 1 aromatic heterocycles. The van der Waals surface area contributed by atoms with Crippen molar-refractivity contribution in [3.8, 4) is 6.07 Å². The van der Waals surface area contributed by atoms with Crippen LogP contribution in [0.5, 0.6) is 0 Å². The van der Waals surface area contributed by atoms with E-state index < -0.39 is 0 Å². The minimum atomic E-state index is -0.201. The van der Waals surface area contributed by atoms with Gasteiger partial charge in [0.05, 0.1) is 11.5 Å². The lowest BCUT2D eigenvalue weighted by Gasteiger charge is -2.14. The molecule has 88 valence electrons. The fourth-order valence-electron chi connectivity index (χ4n) is 1.70. The van der Waals surface area contributed by atoms with E-state index in [1.807, 2.05) is 13.8 Å². The summed E-state index contributed by atoms with van der Waals surface area (Å²) in [6.07, 6.45) is 7.15. The van der Waals surface area contributed by atoms with E-state index in [2.05, 4.69) is 29.1 Å². The van der Waals surface area contributed by atoms with E-state index in [1.165, 1.54) is 5.56 Å². The third-order valence-corrected chi connectivity index (χ3v) is 2.77. The maximum Gasteiger partial charge on any atom is 0.0683 e. The van der Waals surface area contributed by atoms with E-state index in [-0.39, 0.29) is 5.41 Å². The molecular formula is C13H21N3. The smallest absolute Gasteiger partial charge is 0.0683 e. The van der Waals surface area contributed by atoms with Crippen LogP contribution in [-0.4, -0.2) is 11.1 Å². The van der Waals surface area contributed by atoms with Gasteiger partial charge in [0.15, 0.2) is 0 Å². The molecule has 1 aromatic rings. The topological polar surface area (TPSA) is 54.7 Å². The van der Waals surface area contributed by atoms with Crippen LogP contribution in [0, 0.1) is 16.7 Å². The minimum absolute atomic E-state index is 0.201. The van der Waals surface area contributed by atoms with Crippen LogP contribution in [0.1, 0.15) is 32.3 Å². The van der Waals surface area contributed by atoms with Crippen molar-refractivity contribution < 1.29 is 0 Å². The Balaban J connectivity index is 2.35. The second-order valence-corrected chi connectivity index (χ2v) is 4.90. The molecule has 0 atom stereocenters. The fourth-order valence-corrected chi connectivity index (χ4v) is 1.70. The number of rotatable bonds is 6. The lowest BCUT2D eigenvalue weighted by Crippen LogP contribution is -2.09. The Morgan fingerprint density at radius 3 is 2.88 bits per heavy atom. The minimum Gasteiger partial charge on any atom is -0.354 e. The standard InChI is InChI=1S/C13H21N3/c1-13(2,11-15)6-3-8-16-9-5-12(10-16)4-7-14/h5,9-10H,3-4,6-8,14H2,1-2H3. The van der Waals surface area contributed by atoms with Crippen molar-refractivity contribution in [2.24, 2.45) is 11.1 Å². The van der Waals surface area contributed by atoms with Gasteiger partial charge in [0.1, 0.15) is 0 Å². The van der Waals surface area contributed by atoms with Gasteiger partial charge in [-0.2, -0.15) is 5.26 Å². The SMILES string of the molecule is CC(C)(C#N)CCCn1ccc(CCN)c1. The van der Waals surface area contributed by atoms with Crippen LogP contribution in [0.25, 0.3) is 0 Å². The van der Waals surface area contributed by atoms with E-state index in [0.717, 1.165) is 25.8 Å². The van der Waals surface area contributed by atoms with Gasteiger partial charge in [-0.15, -0.1) is 0 Å². The molecule has 0 fully saturated rings. The van der Waals surface area contributed by atoms with E-state index in [9.17, 15) is 0 Å². The number of nitrogens with two attached hydrogens (primary N) is 1. The van der Waals surface area contributed by atoms with Crippen molar-refractivity contribution >= 4 is 0 Å². The third kappa shape index (κ3) is 4.08. The Labute approximate surface area is 97.9 Å². The first-order chi connectivity index (χ1) is 7.57. The van der Waals surface area contributed by atoms with Gasteiger partial charge in [0.2, 0.25) is 0 Å². The summed E-state index contributed by atoms with van der Waals surface area (Å²) in [6.45, 7) is 5.66. The molecule has 0 aliphatic carbocycles. The zero-order valence-electron chi connectivity index (χ0n) is 10.2. The highest BCUT2D eigenvalue weighted by Crippen LogP contribution is 2.21. The lowest BCUT2D eigenvalue weighted by atomic mass is 9.90. The predicted octanol–water partition coefficient (Wildman–Crippen LogP) is 2.32. The van der Waals surface area contributed by atoms with Gasteiger partial charge in [0.25, 0.3) is 0 Å². The van der Waals surface area contributed by atoms with Gasteiger partial charge in [-0.1, -0.05) is 0 Å². The van der Waals surface area contributed by atoms with Gasteiger partial charge >= 0.3 is 0 Å². The molecular weight excluding hydrogens is 198 g/mol. The average Bonchev–Trinajstić information content (AvgIpc) is 2.66. The highest BCUT2D eigenvalue weighted by molar-refractivity contribution is 5.10. The molecule has 0 saturated carbocycles. The molecule has 3 heteroatoms. The largest absolute Gasteiger partial charge is 0.354 e. The summed E-state index contributed by atoms with van der Waals surface area (Å²) in [6, 6.07) is 4.44. The molecule has 16 heavy (non-hydrogen) atoms. The fraction of sp³-hybridized carbons (Fsp3) is 0.615. The molecule has 1 heterocycles. The molecule has 0 aliphatic heterocycles. The number of nitriles is 1. The van der Waals surface area contributed by atoms with Crippen molar-refractivity contribution in [1.82, 2.24) is 4.57 Å². The summed E-state index contributed by atoms with van der Waals surface area (Å²) in [4.78, 5) is 0. The molecule has 3 nitrogen and oxygen atoms in total. The Morgan fingerprint density at radius 1 is 1.50 bits per heavy atom. The van der Waals surface area contributed by atoms with E-state index in [0.29, 0.717) is 6.54 Å². The normalized spacial score (nSPS) is 11.4. The number of aryl methyl sites for hydroxylation is 1. The molecule has 0 bridgehead atoms. The zero-order chi connectivity index (χ0) is 12.0. The second-order valence-electron chi connectivity index (χ2n) is 4.90. The van der Waals surface area contributed by atoms with Crippen LogP contribution >= 0.6 is 0 Å². The second kappa shape index (κ2) is 5.72. The first-order valence-corrected chi connectivity index (χ1v) is 5.83. The van der Waals surface area contributed by atoms with Crippen LogP contribution in [-0.2, 0) is 13.0 Å². The summed E-state index contributed by atoms with van der Waals surface area (Å²) in [5, 5.41) is 8.89. The average molecular weight is 219 g/mol. The van der Waals surface area contributed by atoms with Crippen LogP contribution in [0.2, 0.25) is 0 Å². The van der Waals surface area contributed by atoms with Crippen LogP contribution in [0.15, 0.2) is 18.5 Å². The number of nitrogens with zero attached hydrogens (tertiary/aromatic N) is 2. The van der Waals surface area contributed by atoms with Crippen molar-refractivity contribution in [3.05, 3.63) is 24.0 Å².